The van der Waals surface area contributed by atoms with E-state index in [0.29, 0.717) is 24.8 Å². The van der Waals surface area contributed by atoms with Crippen molar-refractivity contribution >= 4 is 17.5 Å². The second-order valence-corrected chi connectivity index (χ2v) is 11.4. The molecule has 2 aromatic carbocycles. The second-order valence-electron chi connectivity index (χ2n) is 11.4. The van der Waals surface area contributed by atoms with Gasteiger partial charge in [-0.2, -0.15) is 0 Å². The first-order valence-electron chi connectivity index (χ1n) is 14.7. The highest BCUT2D eigenvalue weighted by molar-refractivity contribution is 5.81. The third-order valence-electron chi connectivity index (χ3n) is 7.69. The minimum Gasteiger partial charge on any atom is -0.350 e. The number of imidazole rings is 1. The first-order valence-corrected chi connectivity index (χ1v) is 14.7. The Bertz CT molecular complexity index is 1670. The number of carbonyl (C=O) groups is 1. The number of hydrogen-bond donors (Lipinski definition) is 1. The molecule has 0 saturated carbocycles. The number of amides is 1. The molecule has 5 rings (SSSR count). The highest BCUT2D eigenvalue weighted by Crippen LogP contribution is 2.33. The number of pyridine rings is 1. The molecule has 0 aliphatic carbocycles. The zero-order valence-electron chi connectivity index (χ0n) is 25.3. The van der Waals surface area contributed by atoms with Crippen LogP contribution in [0.3, 0.4) is 0 Å². The van der Waals surface area contributed by atoms with Crippen molar-refractivity contribution in [3.63, 3.8) is 0 Å². The summed E-state index contributed by atoms with van der Waals surface area (Å²) in [5.41, 5.74) is 9.47. The molecule has 1 N–H and O–H groups in total. The molecule has 5 aromatic rings. The molecule has 0 fully saturated rings. The molecule has 3 heterocycles. The molecule has 0 bridgehead atoms. The summed E-state index contributed by atoms with van der Waals surface area (Å²) in [5.74, 6) is 1.14. The lowest BCUT2D eigenvalue weighted by atomic mass is 9.97. The number of rotatable bonds is 11. The van der Waals surface area contributed by atoms with Crippen molar-refractivity contribution in [3.8, 4) is 22.6 Å². The lowest BCUT2D eigenvalue weighted by Crippen LogP contribution is -2.22. The van der Waals surface area contributed by atoms with Gasteiger partial charge >= 0.3 is 0 Å². The van der Waals surface area contributed by atoms with Crippen LogP contribution in [-0.4, -0.2) is 44.3 Å². The Labute approximate surface area is 248 Å². The van der Waals surface area contributed by atoms with Gasteiger partial charge in [-0.05, 0) is 67.0 Å². The van der Waals surface area contributed by atoms with Gasteiger partial charge < -0.3 is 10.2 Å². The van der Waals surface area contributed by atoms with Gasteiger partial charge in [0.1, 0.15) is 5.65 Å². The average Bonchev–Trinajstić information content (AvgIpc) is 3.38. The summed E-state index contributed by atoms with van der Waals surface area (Å²) in [7, 11) is 3.62. The van der Waals surface area contributed by atoms with Gasteiger partial charge in [0.05, 0.1) is 17.1 Å². The fourth-order valence-electron chi connectivity index (χ4n) is 5.24. The van der Waals surface area contributed by atoms with Crippen LogP contribution >= 0.6 is 0 Å². The number of carbonyl (C=O) groups excluding carboxylic acids is 1. The Morgan fingerprint density at radius 1 is 0.976 bits per heavy atom. The monoisotopic (exact) mass is 560 g/mol. The first kappa shape index (κ1) is 29.0. The van der Waals surface area contributed by atoms with Crippen LogP contribution in [0.5, 0.6) is 0 Å². The third-order valence-corrected chi connectivity index (χ3v) is 7.69. The molecule has 216 valence electrons. The number of hydrogen-bond acceptors (Lipinski definition) is 5. The molecule has 0 spiro atoms. The van der Waals surface area contributed by atoms with Crippen molar-refractivity contribution in [2.24, 2.45) is 5.92 Å². The zero-order valence-corrected chi connectivity index (χ0v) is 25.3. The molecule has 0 radical (unpaired) electrons. The van der Waals surface area contributed by atoms with Gasteiger partial charge in [-0.25, -0.2) is 15.0 Å². The van der Waals surface area contributed by atoms with Crippen LogP contribution in [0.4, 0.5) is 5.95 Å². The Balaban J connectivity index is 1.47. The van der Waals surface area contributed by atoms with Crippen molar-refractivity contribution in [1.82, 2.24) is 24.3 Å². The van der Waals surface area contributed by atoms with Gasteiger partial charge in [0, 0.05) is 45.0 Å². The van der Waals surface area contributed by atoms with Crippen LogP contribution in [0, 0.1) is 12.8 Å². The van der Waals surface area contributed by atoms with Gasteiger partial charge in [0.25, 0.3) is 0 Å². The number of aryl methyl sites for hydroxylation is 2. The van der Waals surface area contributed by atoms with Crippen LogP contribution in [0.2, 0.25) is 0 Å². The maximum absolute atomic E-state index is 12.1. The number of aromatic nitrogens is 4. The summed E-state index contributed by atoms with van der Waals surface area (Å²) in [5, 5.41) is 3.39. The van der Waals surface area contributed by atoms with Crippen molar-refractivity contribution in [2.45, 2.75) is 53.0 Å². The topological polar surface area (TPSA) is 75.4 Å². The molecule has 0 saturated heterocycles. The van der Waals surface area contributed by atoms with Crippen molar-refractivity contribution < 1.29 is 4.79 Å². The third kappa shape index (κ3) is 6.85. The predicted molar refractivity (Wildman–Crippen MR) is 170 cm³/mol. The Hall–Kier alpha value is -4.52. The van der Waals surface area contributed by atoms with Crippen LogP contribution in [0.15, 0.2) is 79.1 Å². The fourth-order valence-corrected chi connectivity index (χ4v) is 5.24. The SMILES string of the molecule is CCc1ccc(-c2nc3cc(CC(C)CCC(=O)N(C)C)ccn3c2-c2ccnc(NCc3cccc(C)c3)n2)cc1. The maximum Gasteiger partial charge on any atom is 0.223 e. The molecule has 7 nitrogen and oxygen atoms in total. The zero-order chi connectivity index (χ0) is 29.6. The van der Waals surface area contributed by atoms with E-state index in [1.165, 1.54) is 22.3 Å². The van der Waals surface area contributed by atoms with Gasteiger partial charge in [-0.3, -0.25) is 9.20 Å². The molecule has 1 amide bonds. The molecule has 3 aromatic heterocycles. The summed E-state index contributed by atoms with van der Waals surface area (Å²) in [6.07, 6.45) is 7.19. The van der Waals surface area contributed by atoms with Crippen molar-refractivity contribution in [3.05, 3.63) is 101 Å². The lowest BCUT2D eigenvalue weighted by molar-refractivity contribution is -0.128. The summed E-state index contributed by atoms with van der Waals surface area (Å²) in [6.45, 7) is 7.11. The quantitative estimate of drug-likeness (QED) is 0.188. The van der Waals surface area contributed by atoms with Crippen molar-refractivity contribution in [2.75, 3.05) is 19.4 Å². The fraction of sp³-hybridized carbons (Fsp3) is 0.314. The van der Waals surface area contributed by atoms with E-state index in [0.717, 1.165) is 47.6 Å². The number of fused-ring (bicyclic) bond motifs is 1. The van der Waals surface area contributed by atoms with E-state index >= 15 is 0 Å². The van der Waals surface area contributed by atoms with Crippen LogP contribution in [0.1, 0.15) is 48.9 Å². The van der Waals surface area contributed by atoms with Crippen molar-refractivity contribution in [1.29, 1.82) is 0 Å². The van der Waals surface area contributed by atoms with E-state index in [1.54, 1.807) is 11.1 Å². The molecular weight excluding hydrogens is 520 g/mol. The summed E-state index contributed by atoms with van der Waals surface area (Å²) < 4.78 is 2.12. The number of nitrogens with one attached hydrogen (secondary N) is 1. The Morgan fingerprint density at radius 2 is 1.79 bits per heavy atom. The van der Waals surface area contributed by atoms with E-state index in [4.69, 9.17) is 9.97 Å². The van der Waals surface area contributed by atoms with Gasteiger partial charge in [0.2, 0.25) is 11.9 Å². The lowest BCUT2D eigenvalue weighted by Gasteiger charge is -2.14. The molecule has 1 atom stereocenters. The summed E-state index contributed by atoms with van der Waals surface area (Å²) in [6, 6.07) is 23.3. The van der Waals surface area contributed by atoms with E-state index in [9.17, 15) is 4.79 Å². The number of nitrogens with zero attached hydrogens (tertiary/aromatic N) is 5. The molecule has 7 heteroatoms. The average molecular weight is 561 g/mol. The number of anilines is 1. The minimum atomic E-state index is 0.173. The maximum atomic E-state index is 12.1. The Morgan fingerprint density at radius 3 is 2.52 bits per heavy atom. The molecular formula is C35H40N6O. The second kappa shape index (κ2) is 13.0. The highest BCUT2D eigenvalue weighted by atomic mass is 16.2. The largest absolute Gasteiger partial charge is 0.350 e. The summed E-state index contributed by atoms with van der Waals surface area (Å²) >= 11 is 0. The summed E-state index contributed by atoms with van der Waals surface area (Å²) in [4.78, 5) is 28.3. The molecule has 0 aliphatic rings. The van der Waals surface area contributed by atoms with Gasteiger partial charge in [0.15, 0.2) is 0 Å². The van der Waals surface area contributed by atoms with E-state index in [-0.39, 0.29) is 5.91 Å². The van der Waals surface area contributed by atoms with Crippen LogP contribution < -0.4 is 5.32 Å². The van der Waals surface area contributed by atoms with E-state index < -0.39 is 0 Å². The van der Waals surface area contributed by atoms with E-state index in [2.05, 4.69) is 102 Å². The molecule has 1 unspecified atom stereocenters. The van der Waals surface area contributed by atoms with Crippen LogP contribution in [-0.2, 0) is 24.2 Å². The molecule has 0 aliphatic heterocycles. The van der Waals surface area contributed by atoms with Gasteiger partial charge in [-0.15, -0.1) is 0 Å². The van der Waals surface area contributed by atoms with E-state index in [1.807, 2.05) is 20.2 Å². The Kier molecular flexibility index (Phi) is 8.96. The minimum absolute atomic E-state index is 0.173. The molecule has 42 heavy (non-hydrogen) atoms. The highest BCUT2D eigenvalue weighted by Gasteiger charge is 2.19. The number of benzene rings is 2. The standard InChI is InChI=1S/C35H40N6O/c1-6-26-11-13-29(14-12-26)33-34(30-16-18-36-35(38-30)37-23-28-9-7-8-24(2)21-28)41-19-17-27(22-31(41)39-33)20-25(3)10-15-32(42)40(4)5/h7-9,11-14,16-19,21-22,25H,6,10,15,20,23H2,1-5H3,(H,36,37,38). The van der Waals surface area contributed by atoms with Crippen LogP contribution in [0.25, 0.3) is 28.3 Å². The first-order chi connectivity index (χ1) is 20.3. The predicted octanol–water partition coefficient (Wildman–Crippen LogP) is 6.99. The smallest absolute Gasteiger partial charge is 0.223 e. The van der Waals surface area contributed by atoms with Gasteiger partial charge in [-0.1, -0.05) is 67.9 Å². The normalized spacial score (nSPS) is 11.9.